The van der Waals surface area contributed by atoms with Crippen LogP contribution in [0.15, 0.2) is 60.7 Å². The number of ether oxygens (including phenoxy) is 1. The maximum Gasteiger partial charge on any atom is 0.268 e. The van der Waals surface area contributed by atoms with Gasteiger partial charge in [-0.3, -0.25) is 14.5 Å². The lowest BCUT2D eigenvalue weighted by Gasteiger charge is -2.38. The quantitative estimate of drug-likeness (QED) is 0.503. The van der Waals surface area contributed by atoms with Gasteiger partial charge in [0.15, 0.2) is 0 Å². The van der Waals surface area contributed by atoms with Crippen LogP contribution in [-0.4, -0.2) is 59.7 Å². The van der Waals surface area contributed by atoms with E-state index in [1.165, 1.54) is 0 Å². The molecule has 1 aromatic heterocycles. The molecule has 2 heterocycles. The third-order valence-electron chi connectivity index (χ3n) is 7.94. The topological polar surface area (TPSA) is 99.4 Å². The Morgan fingerprint density at radius 2 is 1.74 bits per heavy atom. The van der Waals surface area contributed by atoms with E-state index in [9.17, 15) is 14.9 Å². The summed E-state index contributed by atoms with van der Waals surface area (Å²) < 4.78 is 7.43. The fourth-order valence-electron chi connectivity index (χ4n) is 5.93. The SMILES string of the molecule is Cn1c(C(=O)N[C@H]2CCCC[C@H]2C(=O)NC(C#N)[C@H](c2ccccc2)N2CCOCC2)cc2ccccc21. The lowest BCUT2D eigenvalue weighted by Crippen LogP contribution is -2.53. The number of hydrogen-bond donors (Lipinski definition) is 2. The van der Waals surface area contributed by atoms with E-state index in [4.69, 9.17) is 4.74 Å². The van der Waals surface area contributed by atoms with Crippen molar-refractivity contribution in [1.82, 2.24) is 20.1 Å². The van der Waals surface area contributed by atoms with Crippen molar-refractivity contribution in [3.63, 3.8) is 0 Å². The van der Waals surface area contributed by atoms with E-state index in [0.717, 1.165) is 35.7 Å². The number of morpholine rings is 1. The minimum Gasteiger partial charge on any atom is -0.379 e. The number of aryl methyl sites for hydroxylation is 1. The first-order valence-corrected chi connectivity index (χ1v) is 13.5. The second-order valence-corrected chi connectivity index (χ2v) is 10.2. The van der Waals surface area contributed by atoms with Gasteiger partial charge in [0.25, 0.3) is 5.91 Å². The van der Waals surface area contributed by atoms with Gasteiger partial charge in [0.1, 0.15) is 11.7 Å². The Kier molecular flexibility index (Phi) is 8.06. The molecule has 1 aliphatic heterocycles. The van der Waals surface area contributed by atoms with Gasteiger partial charge >= 0.3 is 0 Å². The number of hydrogen-bond acceptors (Lipinski definition) is 5. The lowest BCUT2D eigenvalue weighted by molar-refractivity contribution is -0.127. The lowest BCUT2D eigenvalue weighted by atomic mass is 9.83. The van der Waals surface area contributed by atoms with Crippen molar-refractivity contribution in [2.75, 3.05) is 26.3 Å². The predicted octanol–water partition coefficient (Wildman–Crippen LogP) is 3.55. The third-order valence-corrected chi connectivity index (χ3v) is 7.94. The van der Waals surface area contributed by atoms with E-state index >= 15 is 0 Å². The molecular formula is C30H35N5O3. The molecule has 1 aliphatic carbocycles. The molecule has 1 saturated carbocycles. The molecule has 38 heavy (non-hydrogen) atoms. The minimum atomic E-state index is -0.723. The second kappa shape index (κ2) is 11.8. The number of carbonyl (C=O) groups is 2. The van der Waals surface area contributed by atoms with Crippen LogP contribution in [0.1, 0.15) is 47.8 Å². The van der Waals surface area contributed by atoms with Gasteiger partial charge in [-0.2, -0.15) is 5.26 Å². The molecule has 0 bridgehead atoms. The highest BCUT2D eigenvalue weighted by Crippen LogP contribution is 2.29. The number of para-hydroxylation sites is 1. The van der Waals surface area contributed by atoms with Crippen molar-refractivity contribution >= 4 is 22.7 Å². The Labute approximate surface area is 223 Å². The van der Waals surface area contributed by atoms with Crippen LogP contribution in [0.2, 0.25) is 0 Å². The smallest absolute Gasteiger partial charge is 0.268 e. The van der Waals surface area contributed by atoms with Crippen LogP contribution in [0.25, 0.3) is 10.9 Å². The average molecular weight is 514 g/mol. The molecule has 8 heteroatoms. The van der Waals surface area contributed by atoms with Crippen molar-refractivity contribution in [1.29, 1.82) is 5.26 Å². The zero-order valence-corrected chi connectivity index (χ0v) is 21.8. The summed E-state index contributed by atoms with van der Waals surface area (Å²) in [5.74, 6) is -0.743. The van der Waals surface area contributed by atoms with Crippen LogP contribution in [0.4, 0.5) is 0 Å². The van der Waals surface area contributed by atoms with E-state index in [-0.39, 0.29) is 29.8 Å². The molecule has 3 aromatic rings. The standard InChI is InChI=1S/C30H35N5O3/c1-34-26-14-8-5-11-22(26)19-27(34)30(37)32-24-13-7-6-12-23(24)29(36)33-25(20-31)28(21-9-3-2-4-10-21)35-15-17-38-18-16-35/h2-5,8-11,14,19,23-25,28H,6-7,12-13,15-18H2,1H3,(H,32,37)(H,33,36)/t23-,24+,25?,28+/m1/s1. The summed E-state index contributed by atoms with van der Waals surface area (Å²) in [4.78, 5) is 29.2. The molecule has 8 nitrogen and oxygen atoms in total. The Balaban J connectivity index is 1.33. The number of benzene rings is 2. The molecule has 198 valence electrons. The van der Waals surface area contributed by atoms with E-state index in [2.05, 4.69) is 21.6 Å². The number of nitrogens with one attached hydrogen (secondary N) is 2. The maximum atomic E-state index is 13.7. The normalized spacial score (nSPS) is 21.8. The number of fused-ring (bicyclic) bond motifs is 1. The molecule has 2 fully saturated rings. The number of aromatic nitrogens is 1. The van der Waals surface area contributed by atoms with E-state index in [0.29, 0.717) is 38.4 Å². The monoisotopic (exact) mass is 513 g/mol. The predicted molar refractivity (Wildman–Crippen MR) is 145 cm³/mol. The fraction of sp³-hybridized carbons (Fsp3) is 0.433. The van der Waals surface area contributed by atoms with Crippen molar-refractivity contribution < 1.29 is 14.3 Å². The molecule has 5 rings (SSSR count). The summed E-state index contributed by atoms with van der Waals surface area (Å²) in [7, 11) is 1.88. The summed E-state index contributed by atoms with van der Waals surface area (Å²) in [5.41, 5.74) is 2.55. The number of nitrogens with zero attached hydrogens (tertiary/aromatic N) is 3. The molecule has 2 N–H and O–H groups in total. The molecule has 1 saturated heterocycles. The Morgan fingerprint density at radius 1 is 1.03 bits per heavy atom. The van der Waals surface area contributed by atoms with Crippen LogP contribution < -0.4 is 10.6 Å². The fourth-order valence-corrected chi connectivity index (χ4v) is 5.93. The minimum absolute atomic E-state index is 0.173. The molecule has 0 spiro atoms. The number of rotatable bonds is 7. The van der Waals surface area contributed by atoms with Crippen molar-refractivity contribution in [3.05, 3.63) is 71.9 Å². The molecule has 1 unspecified atom stereocenters. The highest BCUT2D eigenvalue weighted by atomic mass is 16.5. The molecule has 4 atom stereocenters. The van der Waals surface area contributed by atoms with Gasteiger partial charge < -0.3 is 19.9 Å². The van der Waals surface area contributed by atoms with Crippen molar-refractivity contribution in [3.8, 4) is 6.07 Å². The van der Waals surface area contributed by atoms with Gasteiger partial charge in [-0.25, -0.2) is 0 Å². The van der Waals surface area contributed by atoms with E-state index < -0.39 is 6.04 Å². The van der Waals surface area contributed by atoms with E-state index in [1.54, 1.807) is 0 Å². The zero-order chi connectivity index (χ0) is 26.5. The first-order valence-electron chi connectivity index (χ1n) is 13.5. The largest absolute Gasteiger partial charge is 0.379 e. The van der Waals surface area contributed by atoms with Crippen LogP contribution in [0.5, 0.6) is 0 Å². The van der Waals surface area contributed by atoms with Gasteiger partial charge in [-0.1, -0.05) is 61.4 Å². The van der Waals surface area contributed by atoms with Gasteiger partial charge in [0.2, 0.25) is 5.91 Å². The summed E-state index contributed by atoms with van der Waals surface area (Å²) in [5, 5.41) is 17.4. The van der Waals surface area contributed by atoms with Crippen LogP contribution in [0.3, 0.4) is 0 Å². The van der Waals surface area contributed by atoms with Gasteiger partial charge in [0, 0.05) is 37.1 Å². The molecule has 0 radical (unpaired) electrons. The highest BCUT2D eigenvalue weighted by Gasteiger charge is 2.37. The molecule has 2 amide bonds. The zero-order valence-electron chi connectivity index (χ0n) is 21.8. The Bertz CT molecular complexity index is 1310. The first-order chi connectivity index (χ1) is 18.6. The van der Waals surface area contributed by atoms with Gasteiger partial charge in [-0.15, -0.1) is 0 Å². The third kappa shape index (κ3) is 5.45. The summed E-state index contributed by atoms with van der Waals surface area (Å²) >= 11 is 0. The molecule has 2 aliphatic rings. The maximum absolute atomic E-state index is 13.7. The number of nitriles is 1. The molecular weight excluding hydrogens is 478 g/mol. The summed E-state index contributed by atoms with van der Waals surface area (Å²) in [6, 6.07) is 20.7. The number of amides is 2. The Morgan fingerprint density at radius 3 is 2.47 bits per heavy atom. The molecule has 2 aromatic carbocycles. The number of carbonyl (C=O) groups excluding carboxylic acids is 2. The van der Waals surface area contributed by atoms with Crippen molar-refractivity contribution in [2.45, 2.75) is 43.8 Å². The van der Waals surface area contributed by atoms with Gasteiger partial charge in [-0.05, 0) is 30.5 Å². The highest BCUT2D eigenvalue weighted by molar-refractivity contribution is 5.99. The second-order valence-electron chi connectivity index (χ2n) is 10.2. The van der Waals surface area contributed by atoms with Crippen molar-refractivity contribution in [2.24, 2.45) is 13.0 Å². The van der Waals surface area contributed by atoms with E-state index in [1.807, 2.05) is 72.3 Å². The Hall–Kier alpha value is -3.67. The van der Waals surface area contributed by atoms with Gasteiger partial charge in [0.05, 0.1) is 31.2 Å². The van der Waals surface area contributed by atoms with Crippen LogP contribution in [0, 0.1) is 17.2 Å². The average Bonchev–Trinajstić information content (AvgIpc) is 3.30. The first kappa shape index (κ1) is 26.0. The van der Waals surface area contributed by atoms with Crippen LogP contribution >= 0.6 is 0 Å². The summed E-state index contributed by atoms with van der Waals surface area (Å²) in [6.07, 6.45) is 3.28. The summed E-state index contributed by atoms with van der Waals surface area (Å²) in [6.45, 7) is 2.59. The van der Waals surface area contributed by atoms with Crippen LogP contribution in [-0.2, 0) is 16.6 Å².